The lowest BCUT2D eigenvalue weighted by Crippen LogP contribution is -2.10. The Morgan fingerprint density at radius 2 is 1.59 bits per heavy atom. The third-order valence-electron chi connectivity index (χ3n) is 4.60. The number of hydrogen-bond acceptors (Lipinski definition) is 7. The van der Waals surface area contributed by atoms with Crippen LogP contribution in [0.5, 0.6) is 0 Å². The highest BCUT2D eigenvalue weighted by Crippen LogP contribution is 2.31. The molecule has 0 atom stereocenters. The summed E-state index contributed by atoms with van der Waals surface area (Å²) in [6, 6.07) is 14.1. The summed E-state index contributed by atoms with van der Waals surface area (Å²) in [5.74, 6) is 0.413. The number of fused-ring (bicyclic) bond motifs is 2. The first-order chi connectivity index (χ1) is 15.3. The average molecular weight is 435 g/mol. The number of para-hydroxylation sites is 2. The van der Waals surface area contributed by atoms with Crippen LogP contribution in [0.1, 0.15) is 13.8 Å². The van der Waals surface area contributed by atoms with Crippen molar-refractivity contribution in [2.45, 2.75) is 13.8 Å². The van der Waals surface area contributed by atoms with Crippen LogP contribution in [0.25, 0.3) is 21.8 Å². The van der Waals surface area contributed by atoms with E-state index in [0.717, 1.165) is 17.1 Å². The summed E-state index contributed by atoms with van der Waals surface area (Å²) >= 11 is 0. The molecule has 164 valence electrons. The second kappa shape index (κ2) is 9.65. The largest absolute Gasteiger partial charge is 0.379 e. The molecule has 0 fully saturated rings. The van der Waals surface area contributed by atoms with E-state index in [9.17, 15) is 25.0 Å². The van der Waals surface area contributed by atoms with Crippen LogP contribution < -0.4 is 10.7 Å². The van der Waals surface area contributed by atoms with Crippen molar-refractivity contribution in [3.8, 4) is 0 Å². The lowest BCUT2D eigenvalue weighted by atomic mass is 10.1. The summed E-state index contributed by atoms with van der Waals surface area (Å²) in [7, 11) is 0. The molecule has 2 aromatic carbocycles. The summed E-state index contributed by atoms with van der Waals surface area (Å²) in [5.41, 5.74) is 0.958. The Morgan fingerprint density at radius 3 is 2.25 bits per heavy atom. The van der Waals surface area contributed by atoms with Gasteiger partial charge >= 0.3 is 11.4 Å². The Bertz CT molecular complexity index is 1350. The first kappa shape index (κ1) is 22.3. The van der Waals surface area contributed by atoms with Gasteiger partial charge in [0.1, 0.15) is 11.9 Å². The van der Waals surface area contributed by atoms with Crippen LogP contribution in [0.4, 0.5) is 17.1 Å². The van der Waals surface area contributed by atoms with E-state index >= 15 is 0 Å². The Balaban J connectivity index is 0.000000186. The molecular weight excluding hydrogens is 414 g/mol. The van der Waals surface area contributed by atoms with Gasteiger partial charge in [0.25, 0.3) is 5.43 Å². The van der Waals surface area contributed by atoms with E-state index in [1.807, 2.05) is 24.3 Å². The lowest BCUT2D eigenvalue weighted by molar-refractivity contribution is -0.386. The molecule has 2 aromatic heterocycles. The van der Waals surface area contributed by atoms with Gasteiger partial charge in [0.05, 0.1) is 26.9 Å². The molecule has 0 aliphatic rings. The summed E-state index contributed by atoms with van der Waals surface area (Å²) in [4.78, 5) is 38.7. The standard InChI is InChI=1S/C13H15N3O2.C9H6N2O3/c1-9(2)7-15-13-10-5-3-4-6-11(10)14-8-12(13)16(17)18;12-9-6-3-1-2-4-7(6)10-5-8(9)11(13)14/h3-6,8-9H,7H2,1-2H3,(H,14,15);1-5H,(H,10,12). The minimum atomic E-state index is -0.689. The molecule has 0 bridgehead atoms. The second-order valence-electron chi connectivity index (χ2n) is 7.37. The number of aromatic nitrogens is 2. The van der Waals surface area contributed by atoms with Crippen molar-refractivity contribution in [2.24, 2.45) is 5.92 Å². The first-order valence-electron chi connectivity index (χ1n) is 9.80. The maximum absolute atomic E-state index is 11.5. The number of hydrogen-bond donors (Lipinski definition) is 2. The van der Waals surface area contributed by atoms with Gasteiger partial charge in [0, 0.05) is 17.4 Å². The van der Waals surface area contributed by atoms with Crippen LogP contribution in [-0.2, 0) is 0 Å². The number of anilines is 1. The molecule has 2 N–H and O–H groups in total. The minimum Gasteiger partial charge on any atom is -0.379 e. The van der Waals surface area contributed by atoms with Crippen molar-refractivity contribution in [2.75, 3.05) is 11.9 Å². The number of aromatic amines is 1. The molecule has 10 nitrogen and oxygen atoms in total. The zero-order valence-electron chi connectivity index (χ0n) is 17.4. The number of nitrogens with zero attached hydrogens (tertiary/aromatic N) is 3. The van der Waals surface area contributed by atoms with Crippen LogP contribution in [0.3, 0.4) is 0 Å². The maximum Gasteiger partial charge on any atom is 0.332 e. The van der Waals surface area contributed by atoms with Crippen LogP contribution in [-0.4, -0.2) is 26.4 Å². The van der Waals surface area contributed by atoms with Gasteiger partial charge in [-0.05, 0) is 24.1 Å². The molecule has 2 heterocycles. The van der Waals surface area contributed by atoms with Crippen LogP contribution in [0, 0.1) is 26.1 Å². The van der Waals surface area contributed by atoms with Gasteiger partial charge in [-0.15, -0.1) is 0 Å². The van der Waals surface area contributed by atoms with Crippen molar-refractivity contribution >= 4 is 38.9 Å². The van der Waals surface area contributed by atoms with Gasteiger partial charge in [0.2, 0.25) is 0 Å². The van der Waals surface area contributed by atoms with E-state index in [-0.39, 0.29) is 5.69 Å². The number of nitro groups is 2. The molecule has 0 spiro atoms. The highest BCUT2D eigenvalue weighted by atomic mass is 16.6. The van der Waals surface area contributed by atoms with Gasteiger partial charge < -0.3 is 10.3 Å². The second-order valence-corrected chi connectivity index (χ2v) is 7.37. The SMILES string of the molecule is CC(C)CNc1c([N+](=O)[O-])cnc2ccccc12.O=c1c([N+](=O)[O-])c[nH]c2ccccc12. The van der Waals surface area contributed by atoms with E-state index in [1.54, 1.807) is 24.3 Å². The van der Waals surface area contributed by atoms with Crippen molar-refractivity contribution in [3.63, 3.8) is 0 Å². The zero-order chi connectivity index (χ0) is 23.3. The summed E-state index contributed by atoms with van der Waals surface area (Å²) in [6.45, 7) is 4.80. The number of H-pyrrole nitrogens is 1. The molecular formula is C22H21N5O5. The van der Waals surface area contributed by atoms with E-state index < -0.39 is 21.0 Å². The van der Waals surface area contributed by atoms with Crippen molar-refractivity contribution < 1.29 is 9.85 Å². The van der Waals surface area contributed by atoms with E-state index in [4.69, 9.17) is 0 Å². The van der Waals surface area contributed by atoms with E-state index in [2.05, 4.69) is 29.1 Å². The molecule has 0 aliphatic carbocycles. The smallest absolute Gasteiger partial charge is 0.332 e. The molecule has 4 aromatic rings. The lowest BCUT2D eigenvalue weighted by Gasteiger charge is -2.11. The number of pyridine rings is 2. The summed E-state index contributed by atoms with van der Waals surface area (Å²) in [6.07, 6.45) is 2.43. The van der Waals surface area contributed by atoms with Crippen molar-refractivity contribution in [1.82, 2.24) is 9.97 Å². The summed E-state index contributed by atoms with van der Waals surface area (Å²) in [5, 5.41) is 25.8. The topological polar surface area (TPSA) is 144 Å². The number of rotatable bonds is 5. The average Bonchev–Trinajstić information content (AvgIpc) is 2.77. The molecule has 32 heavy (non-hydrogen) atoms. The molecule has 10 heteroatoms. The molecule has 0 saturated carbocycles. The Morgan fingerprint density at radius 1 is 0.969 bits per heavy atom. The van der Waals surface area contributed by atoms with Crippen LogP contribution in [0.15, 0.2) is 65.7 Å². The fourth-order valence-corrected chi connectivity index (χ4v) is 3.05. The molecule has 0 radical (unpaired) electrons. The van der Waals surface area contributed by atoms with Gasteiger partial charge in [-0.25, -0.2) is 4.98 Å². The van der Waals surface area contributed by atoms with Crippen molar-refractivity contribution in [1.29, 1.82) is 0 Å². The third kappa shape index (κ3) is 4.86. The Labute approximate surface area is 182 Å². The predicted molar refractivity (Wildman–Crippen MR) is 123 cm³/mol. The minimum absolute atomic E-state index is 0.0225. The highest BCUT2D eigenvalue weighted by molar-refractivity contribution is 5.95. The highest BCUT2D eigenvalue weighted by Gasteiger charge is 2.17. The van der Waals surface area contributed by atoms with Gasteiger partial charge in [0.15, 0.2) is 0 Å². The van der Waals surface area contributed by atoms with Crippen molar-refractivity contribution in [3.05, 3.63) is 91.4 Å². The van der Waals surface area contributed by atoms with Gasteiger partial charge in [-0.2, -0.15) is 0 Å². The zero-order valence-corrected chi connectivity index (χ0v) is 17.4. The Hall–Kier alpha value is -4.34. The monoisotopic (exact) mass is 435 g/mol. The molecule has 0 unspecified atom stereocenters. The Kier molecular flexibility index (Phi) is 6.74. The maximum atomic E-state index is 11.5. The predicted octanol–water partition coefficient (Wildman–Crippen LogP) is 4.65. The fourth-order valence-electron chi connectivity index (χ4n) is 3.05. The number of benzene rings is 2. The molecule has 4 rings (SSSR count). The molecule has 0 aliphatic heterocycles. The quantitative estimate of drug-likeness (QED) is 0.343. The first-order valence-corrected chi connectivity index (χ1v) is 9.80. The van der Waals surface area contributed by atoms with E-state index in [0.29, 0.717) is 29.1 Å². The fraction of sp³-hybridized carbons (Fsp3) is 0.182. The van der Waals surface area contributed by atoms with Crippen LogP contribution >= 0.6 is 0 Å². The normalized spacial score (nSPS) is 10.6. The molecule has 0 saturated heterocycles. The van der Waals surface area contributed by atoms with Crippen LogP contribution in [0.2, 0.25) is 0 Å². The van der Waals surface area contributed by atoms with Gasteiger partial charge in [-0.1, -0.05) is 44.2 Å². The van der Waals surface area contributed by atoms with E-state index in [1.165, 1.54) is 6.20 Å². The molecule has 0 amide bonds. The summed E-state index contributed by atoms with van der Waals surface area (Å²) < 4.78 is 0. The number of nitrogens with one attached hydrogen (secondary N) is 2. The third-order valence-corrected chi connectivity index (χ3v) is 4.60. The van der Waals surface area contributed by atoms with Gasteiger partial charge in [-0.3, -0.25) is 25.0 Å².